The Hall–Kier alpha value is -2.23. The molecule has 1 aromatic carbocycles. The van der Waals surface area contributed by atoms with E-state index < -0.39 is 17.7 Å². The number of aromatic nitrogens is 2. The Kier molecular flexibility index (Phi) is 6.69. The molecule has 1 amide bonds. The minimum Gasteiger partial charge on any atom is -0.469 e. The molecule has 0 bridgehead atoms. The summed E-state index contributed by atoms with van der Waals surface area (Å²) in [5.41, 5.74) is 1.86. The van der Waals surface area contributed by atoms with Gasteiger partial charge in [-0.25, -0.2) is 4.98 Å². The van der Waals surface area contributed by atoms with E-state index in [1.54, 1.807) is 11.1 Å². The van der Waals surface area contributed by atoms with Gasteiger partial charge in [-0.05, 0) is 23.6 Å². The molecule has 1 spiro atoms. The van der Waals surface area contributed by atoms with Crippen LogP contribution < -0.4 is 0 Å². The van der Waals surface area contributed by atoms with Crippen LogP contribution in [0.3, 0.4) is 0 Å². The number of aromatic amines is 1. The van der Waals surface area contributed by atoms with Crippen LogP contribution >= 0.6 is 15.9 Å². The molecule has 9 heteroatoms. The molecule has 2 atom stereocenters. The van der Waals surface area contributed by atoms with E-state index in [4.69, 9.17) is 14.2 Å². The smallest absolute Gasteiger partial charge is 0.306 e. The second-order valence-electron chi connectivity index (χ2n) is 8.61. The van der Waals surface area contributed by atoms with Crippen molar-refractivity contribution < 1.29 is 23.8 Å². The van der Waals surface area contributed by atoms with Gasteiger partial charge in [0.1, 0.15) is 5.82 Å². The summed E-state index contributed by atoms with van der Waals surface area (Å²) in [5.74, 6) is -1.20. The largest absolute Gasteiger partial charge is 0.469 e. The zero-order chi connectivity index (χ0) is 22.9. The molecule has 2 aliphatic heterocycles. The minimum atomic E-state index is -0.836. The number of methoxy groups -OCH3 is 1. The second kappa shape index (κ2) is 9.33. The highest BCUT2D eigenvalue weighted by Crippen LogP contribution is 2.43. The zero-order valence-corrected chi connectivity index (χ0v) is 20.1. The third-order valence-electron chi connectivity index (χ3n) is 6.19. The van der Waals surface area contributed by atoms with Crippen LogP contribution in [0.2, 0.25) is 0 Å². The zero-order valence-electron chi connectivity index (χ0n) is 18.5. The van der Waals surface area contributed by atoms with E-state index >= 15 is 0 Å². The third-order valence-corrected chi connectivity index (χ3v) is 6.72. The molecule has 8 nitrogen and oxygen atoms in total. The van der Waals surface area contributed by atoms with Crippen LogP contribution in [0.25, 0.3) is 11.3 Å². The number of carbonyl (C=O) groups excluding carboxylic acids is 2. The van der Waals surface area contributed by atoms with Gasteiger partial charge < -0.3 is 24.1 Å². The first-order valence-corrected chi connectivity index (χ1v) is 11.6. The Bertz CT molecular complexity index is 968. The van der Waals surface area contributed by atoms with E-state index in [1.807, 2.05) is 38.1 Å². The van der Waals surface area contributed by atoms with Crippen LogP contribution in [-0.4, -0.2) is 59.4 Å². The molecule has 0 saturated carbocycles. The van der Waals surface area contributed by atoms with Gasteiger partial charge in [0.15, 0.2) is 5.79 Å². The molecule has 0 radical (unpaired) electrons. The van der Waals surface area contributed by atoms with Gasteiger partial charge in [0, 0.05) is 10.9 Å². The van der Waals surface area contributed by atoms with Gasteiger partial charge in [0.2, 0.25) is 5.91 Å². The second-order valence-corrected chi connectivity index (χ2v) is 9.53. The molecule has 1 aromatic heterocycles. The number of nitrogens with one attached hydrogen (secondary N) is 1. The van der Waals surface area contributed by atoms with Crippen LogP contribution in [0, 0.1) is 11.8 Å². The number of hydrogen-bond acceptors (Lipinski definition) is 6. The van der Waals surface area contributed by atoms with Gasteiger partial charge in [0.05, 0.1) is 57.1 Å². The van der Waals surface area contributed by atoms with E-state index in [0.29, 0.717) is 32.0 Å². The number of nitrogens with zero attached hydrogens (tertiary/aromatic N) is 2. The highest BCUT2D eigenvalue weighted by molar-refractivity contribution is 9.10. The maximum absolute atomic E-state index is 13.6. The molecule has 2 saturated heterocycles. The van der Waals surface area contributed by atoms with Gasteiger partial charge in [-0.1, -0.05) is 41.9 Å². The van der Waals surface area contributed by atoms with Crippen molar-refractivity contribution in [1.82, 2.24) is 14.9 Å². The van der Waals surface area contributed by atoms with Crippen LogP contribution in [0.15, 0.2) is 34.9 Å². The fourth-order valence-corrected chi connectivity index (χ4v) is 4.65. The van der Waals surface area contributed by atoms with Gasteiger partial charge in [-0.15, -0.1) is 0 Å². The number of carbonyl (C=O) groups is 2. The summed E-state index contributed by atoms with van der Waals surface area (Å²) in [6.45, 7) is 5.16. The van der Waals surface area contributed by atoms with E-state index in [1.165, 1.54) is 7.11 Å². The predicted octanol–water partition coefficient (Wildman–Crippen LogP) is 3.69. The van der Waals surface area contributed by atoms with E-state index in [2.05, 4.69) is 25.9 Å². The van der Waals surface area contributed by atoms with Gasteiger partial charge in [0.25, 0.3) is 0 Å². The molecular weight excluding hydrogens is 478 g/mol. The molecule has 4 rings (SSSR count). The van der Waals surface area contributed by atoms with Crippen molar-refractivity contribution in [2.75, 3.05) is 26.9 Å². The van der Waals surface area contributed by atoms with Gasteiger partial charge >= 0.3 is 5.97 Å². The summed E-state index contributed by atoms with van der Waals surface area (Å²) in [4.78, 5) is 35.3. The lowest BCUT2D eigenvalue weighted by atomic mass is 9.91. The maximum Gasteiger partial charge on any atom is 0.306 e. The average molecular weight is 506 g/mol. The lowest BCUT2D eigenvalue weighted by Gasteiger charge is -2.29. The molecule has 172 valence electrons. The van der Waals surface area contributed by atoms with Crippen molar-refractivity contribution in [3.05, 3.63) is 40.8 Å². The van der Waals surface area contributed by atoms with Crippen LogP contribution in [0.4, 0.5) is 0 Å². The Morgan fingerprint density at radius 1 is 1.28 bits per heavy atom. The molecule has 0 aliphatic carbocycles. The Morgan fingerprint density at radius 2 is 1.97 bits per heavy atom. The maximum atomic E-state index is 13.6. The predicted molar refractivity (Wildman–Crippen MR) is 120 cm³/mol. The number of halogens is 1. The Balaban J connectivity index is 1.63. The average Bonchev–Trinajstić information content (AvgIpc) is 3.52. The monoisotopic (exact) mass is 505 g/mol. The topological polar surface area (TPSA) is 93.8 Å². The standard InChI is InChI=1S/C23H28BrN3O5/c1-14(2)17(10-20(28)30-3)22(29)27-13-23(31-8-9-32-23)11-19(27)21-25-12-18(26-21)15-4-6-16(24)7-5-15/h4-7,12,14,17,19H,8-11,13H2,1-3H3,(H,25,26). The fraction of sp³-hybridized carbons (Fsp3) is 0.522. The summed E-state index contributed by atoms with van der Waals surface area (Å²) in [6.07, 6.45) is 2.29. The summed E-state index contributed by atoms with van der Waals surface area (Å²) < 4.78 is 17.7. The highest BCUT2D eigenvalue weighted by Gasteiger charge is 2.52. The van der Waals surface area contributed by atoms with Crippen LogP contribution in [-0.2, 0) is 23.8 Å². The number of likely N-dealkylation sites (tertiary alicyclic amines) is 1. The van der Waals surface area contributed by atoms with E-state index in [-0.39, 0.29) is 24.3 Å². The molecule has 2 aromatic rings. The first-order chi connectivity index (χ1) is 15.3. The number of benzene rings is 1. The van der Waals surface area contributed by atoms with Crippen LogP contribution in [0.1, 0.15) is 38.6 Å². The molecule has 2 aliphatic rings. The quantitative estimate of drug-likeness (QED) is 0.601. The SMILES string of the molecule is COC(=O)CC(C(=O)N1CC2(CC1c1ncc(-c3ccc(Br)cc3)[nH]1)OCCO2)C(C)C. The molecular formula is C23H28BrN3O5. The number of amides is 1. The van der Waals surface area contributed by atoms with E-state index in [9.17, 15) is 9.59 Å². The summed E-state index contributed by atoms with van der Waals surface area (Å²) in [6, 6.07) is 7.58. The molecule has 2 fully saturated rings. The van der Waals surface area contributed by atoms with Crippen molar-refractivity contribution in [1.29, 1.82) is 0 Å². The minimum absolute atomic E-state index is 0.0286. The van der Waals surface area contributed by atoms with Crippen molar-refractivity contribution in [3.63, 3.8) is 0 Å². The number of esters is 1. The third kappa shape index (κ3) is 4.60. The van der Waals surface area contributed by atoms with Gasteiger partial charge in [-0.3, -0.25) is 9.59 Å². The Morgan fingerprint density at radius 3 is 2.59 bits per heavy atom. The lowest BCUT2D eigenvalue weighted by Crippen LogP contribution is -2.42. The molecule has 3 heterocycles. The van der Waals surface area contributed by atoms with Crippen molar-refractivity contribution in [3.8, 4) is 11.3 Å². The Labute approximate surface area is 195 Å². The van der Waals surface area contributed by atoms with Gasteiger partial charge in [-0.2, -0.15) is 0 Å². The summed E-state index contributed by atoms with van der Waals surface area (Å²) in [5, 5.41) is 0. The first kappa shape index (κ1) is 22.9. The number of hydrogen-bond donors (Lipinski definition) is 1. The van der Waals surface area contributed by atoms with Crippen molar-refractivity contribution in [2.24, 2.45) is 11.8 Å². The summed E-state index contributed by atoms with van der Waals surface area (Å²) in [7, 11) is 1.34. The molecule has 32 heavy (non-hydrogen) atoms. The fourth-order valence-electron chi connectivity index (χ4n) is 4.39. The van der Waals surface area contributed by atoms with Crippen molar-refractivity contribution in [2.45, 2.75) is 38.5 Å². The normalized spacial score (nSPS) is 20.8. The molecule has 1 N–H and O–H groups in total. The van der Waals surface area contributed by atoms with E-state index in [0.717, 1.165) is 15.7 Å². The molecule has 2 unspecified atom stereocenters. The van der Waals surface area contributed by atoms with Crippen molar-refractivity contribution >= 4 is 27.8 Å². The number of imidazole rings is 1. The highest BCUT2D eigenvalue weighted by atomic mass is 79.9. The summed E-state index contributed by atoms with van der Waals surface area (Å²) >= 11 is 3.45. The number of H-pyrrole nitrogens is 1. The first-order valence-electron chi connectivity index (χ1n) is 10.8. The lowest BCUT2D eigenvalue weighted by molar-refractivity contribution is -0.156. The number of rotatable bonds is 6. The van der Waals surface area contributed by atoms with Crippen LogP contribution in [0.5, 0.6) is 0 Å². The number of ether oxygens (including phenoxy) is 3.